The number of carbonyl (C=O) groups excluding carboxylic acids is 1. The van der Waals surface area contributed by atoms with Crippen LogP contribution in [0.4, 0.5) is 11.5 Å². The van der Waals surface area contributed by atoms with Crippen LogP contribution in [0.2, 0.25) is 0 Å². The van der Waals surface area contributed by atoms with Crippen LogP contribution in [0.3, 0.4) is 0 Å². The quantitative estimate of drug-likeness (QED) is 0.857. The minimum atomic E-state index is -0.723. The molecule has 6 heteroatoms. The average molecular weight is 323 g/mol. The molecule has 2 bridgehead atoms. The van der Waals surface area contributed by atoms with Crippen molar-refractivity contribution in [1.82, 2.24) is 4.98 Å². The van der Waals surface area contributed by atoms with E-state index >= 15 is 0 Å². The average Bonchev–Trinajstić information content (AvgIpc) is 3.24. The molecule has 0 spiro atoms. The molecule has 2 aliphatic rings. The molecule has 122 valence electrons. The summed E-state index contributed by atoms with van der Waals surface area (Å²) in [5, 5.41) is 5.93. The Kier molecular flexibility index (Phi) is 3.52. The number of nitrogens with zero attached hydrogens (tertiary/aromatic N) is 2. The third-order valence-corrected chi connectivity index (χ3v) is 5.05. The van der Waals surface area contributed by atoms with Crippen LogP contribution in [0.5, 0.6) is 5.75 Å². The Morgan fingerprint density at radius 1 is 1.29 bits per heavy atom. The highest BCUT2D eigenvalue weighted by Gasteiger charge is 2.42. The standard InChI is InChI=1S/C18H17N3O3/c1-24-13-4-2-3-12(8-13)20-17-16-11-6-5-10(7-11)15(16)14(9-19-17)18(22)21-23/h2-4,8-11H,5-7H2,1H3,(H,19,20). The molecule has 1 N–H and O–H groups in total. The van der Waals surface area contributed by atoms with E-state index in [0.29, 0.717) is 17.4 Å². The minimum absolute atomic E-state index is 0.333. The van der Waals surface area contributed by atoms with E-state index in [4.69, 9.17) is 4.74 Å². The van der Waals surface area contributed by atoms with Gasteiger partial charge in [0.05, 0.1) is 12.7 Å². The smallest absolute Gasteiger partial charge is 0.318 e. The van der Waals surface area contributed by atoms with Crippen molar-refractivity contribution >= 4 is 17.4 Å². The van der Waals surface area contributed by atoms with Crippen molar-refractivity contribution in [1.29, 1.82) is 0 Å². The highest BCUT2D eigenvalue weighted by Crippen LogP contribution is 2.56. The number of amides is 1. The number of methoxy groups -OCH3 is 1. The Morgan fingerprint density at radius 3 is 2.83 bits per heavy atom. The van der Waals surface area contributed by atoms with Gasteiger partial charge in [-0.15, -0.1) is 4.91 Å². The lowest BCUT2D eigenvalue weighted by Crippen LogP contribution is -2.11. The van der Waals surface area contributed by atoms with Gasteiger partial charge in [-0.3, -0.25) is 4.79 Å². The van der Waals surface area contributed by atoms with Gasteiger partial charge in [0.1, 0.15) is 11.6 Å². The monoisotopic (exact) mass is 323 g/mol. The zero-order valence-electron chi connectivity index (χ0n) is 13.3. The highest BCUT2D eigenvalue weighted by atomic mass is 16.5. The van der Waals surface area contributed by atoms with Gasteiger partial charge in [0.25, 0.3) is 0 Å². The zero-order valence-corrected chi connectivity index (χ0v) is 13.3. The van der Waals surface area contributed by atoms with E-state index in [1.807, 2.05) is 24.3 Å². The molecule has 2 aliphatic carbocycles. The van der Waals surface area contributed by atoms with Crippen molar-refractivity contribution in [3.8, 4) is 5.75 Å². The number of benzene rings is 1. The van der Waals surface area contributed by atoms with E-state index in [0.717, 1.165) is 47.6 Å². The number of aromatic nitrogens is 1. The van der Waals surface area contributed by atoms with E-state index < -0.39 is 5.91 Å². The molecule has 1 fully saturated rings. The maximum Gasteiger partial charge on any atom is 0.318 e. The lowest BCUT2D eigenvalue weighted by atomic mass is 9.89. The fraction of sp³-hybridized carbons (Fsp3) is 0.333. The number of pyridine rings is 1. The molecular formula is C18H17N3O3. The highest BCUT2D eigenvalue weighted by molar-refractivity contribution is 5.97. The number of ether oxygens (including phenoxy) is 1. The molecule has 1 aromatic heterocycles. The Hall–Kier alpha value is -2.76. The first-order valence-corrected chi connectivity index (χ1v) is 8.02. The van der Waals surface area contributed by atoms with Crippen LogP contribution in [0.25, 0.3) is 0 Å². The van der Waals surface area contributed by atoms with Crippen molar-refractivity contribution in [2.75, 3.05) is 12.4 Å². The normalized spacial score (nSPS) is 20.5. The molecular weight excluding hydrogens is 306 g/mol. The molecule has 4 rings (SSSR count). The predicted octanol–water partition coefficient (Wildman–Crippen LogP) is 4.11. The SMILES string of the molecule is COc1cccc(Nc2ncc(C(=O)N=O)c3c2C2CCC3C2)c1. The van der Waals surface area contributed by atoms with Gasteiger partial charge in [-0.1, -0.05) is 6.07 Å². The summed E-state index contributed by atoms with van der Waals surface area (Å²) >= 11 is 0. The van der Waals surface area contributed by atoms with E-state index in [-0.39, 0.29) is 0 Å². The van der Waals surface area contributed by atoms with E-state index in [9.17, 15) is 9.70 Å². The van der Waals surface area contributed by atoms with E-state index in [1.165, 1.54) is 6.20 Å². The number of hydrogen-bond donors (Lipinski definition) is 1. The first-order valence-electron chi connectivity index (χ1n) is 8.02. The first-order chi connectivity index (χ1) is 11.7. The second-order valence-corrected chi connectivity index (χ2v) is 6.31. The van der Waals surface area contributed by atoms with Gasteiger partial charge < -0.3 is 10.1 Å². The lowest BCUT2D eigenvalue weighted by molar-refractivity contribution is 0.0999. The van der Waals surface area contributed by atoms with E-state index in [2.05, 4.69) is 15.5 Å². The molecule has 0 saturated heterocycles. The van der Waals surface area contributed by atoms with Gasteiger partial charge in [0.15, 0.2) is 0 Å². The van der Waals surface area contributed by atoms with Crippen molar-refractivity contribution in [3.63, 3.8) is 0 Å². The molecule has 2 atom stereocenters. The maximum atomic E-state index is 11.8. The number of nitroso groups, excluding NO2 is 1. The van der Waals surface area contributed by atoms with Gasteiger partial charge in [-0.25, -0.2) is 4.98 Å². The molecule has 0 radical (unpaired) electrons. The second-order valence-electron chi connectivity index (χ2n) is 6.31. The number of nitrogens with one attached hydrogen (secondary N) is 1. The zero-order chi connectivity index (χ0) is 16.7. The van der Waals surface area contributed by atoms with Crippen molar-refractivity contribution in [2.45, 2.75) is 31.1 Å². The van der Waals surface area contributed by atoms with Crippen LogP contribution >= 0.6 is 0 Å². The number of anilines is 2. The van der Waals surface area contributed by atoms with Crippen LogP contribution < -0.4 is 10.1 Å². The Labute approximate surface area is 139 Å². The number of carbonyl (C=O) groups is 1. The van der Waals surface area contributed by atoms with Crippen LogP contribution in [0, 0.1) is 4.91 Å². The van der Waals surface area contributed by atoms with Crippen LogP contribution in [-0.4, -0.2) is 18.0 Å². The molecule has 1 amide bonds. The topological polar surface area (TPSA) is 80.7 Å². The molecule has 1 heterocycles. The van der Waals surface area contributed by atoms with Gasteiger partial charge in [0, 0.05) is 28.7 Å². The van der Waals surface area contributed by atoms with Gasteiger partial charge in [-0.2, -0.15) is 0 Å². The summed E-state index contributed by atoms with van der Waals surface area (Å²) in [6.07, 6.45) is 4.65. The van der Waals surface area contributed by atoms with Crippen LogP contribution in [-0.2, 0) is 0 Å². The summed E-state index contributed by atoms with van der Waals surface area (Å²) in [5.74, 6) is 1.52. The summed E-state index contributed by atoms with van der Waals surface area (Å²) < 4.78 is 5.25. The summed E-state index contributed by atoms with van der Waals surface area (Å²) in [4.78, 5) is 27.0. The number of fused-ring (bicyclic) bond motifs is 5. The third kappa shape index (κ3) is 2.26. The predicted molar refractivity (Wildman–Crippen MR) is 90.0 cm³/mol. The second kappa shape index (κ2) is 5.70. The Bertz CT molecular complexity index is 834. The number of rotatable bonds is 4. The number of hydrogen-bond acceptors (Lipinski definition) is 5. The van der Waals surface area contributed by atoms with Gasteiger partial charge in [-0.05, 0) is 48.8 Å². The third-order valence-electron chi connectivity index (χ3n) is 5.05. The first kappa shape index (κ1) is 14.8. The largest absolute Gasteiger partial charge is 0.497 e. The Balaban J connectivity index is 1.77. The van der Waals surface area contributed by atoms with Gasteiger partial charge in [0.2, 0.25) is 0 Å². The fourth-order valence-corrected chi connectivity index (χ4v) is 4.06. The van der Waals surface area contributed by atoms with Crippen LogP contribution in [0.1, 0.15) is 52.6 Å². The van der Waals surface area contributed by atoms with Crippen molar-refractivity contribution < 1.29 is 9.53 Å². The maximum absolute atomic E-state index is 11.8. The summed E-state index contributed by atoms with van der Waals surface area (Å²) in [5.41, 5.74) is 3.28. The molecule has 1 aromatic carbocycles. The molecule has 0 aliphatic heterocycles. The summed E-state index contributed by atoms with van der Waals surface area (Å²) in [6.45, 7) is 0. The fourth-order valence-electron chi connectivity index (χ4n) is 4.06. The molecule has 2 unspecified atom stereocenters. The van der Waals surface area contributed by atoms with Crippen molar-refractivity contribution in [2.24, 2.45) is 5.18 Å². The van der Waals surface area contributed by atoms with Crippen molar-refractivity contribution in [3.05, 3.63) is 52.1 Å². The summed E-state index contributed by atoms with van der Waals surface area (Å²) in [6, 6.07) is 7.62. The molecule has 6 nitrogen and oxygen atoms in total. The molecule has 24 heavy (non-hydrogen) atoms. The van der Waals surface area contributed by atoms with Crippen LogP contribution in [0.15, 0.2) is 35.6 Å². The molecule has 2 aromatic rings. The molecule has 1 saturated carbocycles. The summed E-state index contributed by atoms with van der Waals surface area (Å²) in [7, 11) is 1.63. The Morgan fingerprint density at radius 2 is 2.08 bits per heavy atom. The minimum Gasteiger partial charge on any atom is -0.497 e. The lowest BCUT2D eigenvalue weighted by Gasteiger charge is -2.21. The van der Waals surface area contributed by atoms with Gasteiger partial charge >= 0.3 is 5.91 Å². The van der Waals surface area contributed by atoms with E-state index in [1.54, 1.807) is 7.11 Å².